The summed E-state index contributed by atoms with van der Waals surface area (Å²) in [4.78, 5) is 24.7. The summed E-state index contributed by atoms with van der Waals surface area (Å²) in [6, 6.07) is 9.82. The molecular weight excluding hydrogens is 430 g/mol. The van der Waals surface area contributed by atoms with E-state index in [1.54, 1.807) is 16.8 Å². The standard InChI is InChI=1S/C22H17F4N3O3/c1-13(30)32-21(2,12-29-8-7-14-9-16(23)4-6-19(14)29)20(31)28-17-5-3-15(11-27)18(10-17)22(24,25)26/h3-10H,12H2,1-2H3,(H,28,31). The van der Waals surface area contributed by atoms with E-state index in [2.05, 4.69) is 5.32 Å². The summed E-state index contributed by atoms with van der Waals surface area (Å²) >= 11 is 0. The van der Waals surface area contributed by atoms with Gasteiger partial charge in [-0.3, -0.25) is 9.59 Å². The summed E-state index contributed by atoms with van der Waals surface area (Å²) in [7, 11) is 0. The fourth-order valence-corrected chi connectivity index (χ4v) is 3.32. The number of halogens is 4. The zero-order valence-electron chi connectivity index (χ0n) is 17.0. The lowest BCUT2D eigenvalue weighted by Crippen LogP contribution is -2.47. The molecule has 0 spiro atoms. The van der Waals surface area contributed by atoms with E-state index < -0.39 is 40.6 Å². The number of alkyl halides is 3. The van der Waals surface area contributed by atoms with Crippen molar-refractivity contribution in [2.75, 3.05) is 5.32 Å². The minimum atomic E-state index is -4.80. The molecule has 32 heavy (non-hydrogen) atoms. The van der Waals surface area contributed by atoms with Crippen molar-refractivity contribution in [3.63, 3.8) is 0 Å². The molecule has 1 aromatic heterocycles. The van der Waals surface area contributed by atoms with Crippen molar-refractivity contribution in [2.24, 2.45) is 0 Å². The second kappa shape index (κ2) is 8.34. The maximum atomic E-state index is 13.5. The van der Waals surface area contributed by atoms with Gasteiger partial charge in [0.2, 0.25) is 5.60 Å². The minimum Gasteiger partial charge on any atom is -0.447 e. The van der Waals surface area contributed by atoms with Gasteiger partial charge in [0.1, 0.15) is 5.82 Å². The van der Waals surface area contributed by atoms with Crippen LogP contribution in [0.5, 0.6) is 0 Å². The van der Waals surface area contributed by atoms with Gasteiger partial charge in [0, 0.05) is 29.7 Å². The van der Waals surface area contributed by atoms with Crippen molar-refractivity contribution >= 4 is 28.5 Å². The number of fused-ring (bicyclic) bond motifs is 1. The predicted molar refractivity (Wildman–Crippen MR) is 107 cm³/mol. The van der Waals surface area contributed by atoms with Crippen molar-refractivity contribution in [1.29, 1.82) is 5.26 Å². The molecule has 0 saturated carbocycles. The first-order chi connectivity index (χ1) is 14.9. The van der Waals surface area contributed by atoms with Crippen LogP contribution in [0.4, 0.5) is 23.2 Å². The van der Waals surface area contributed by atoms with Crippen molar-refractivity contribution < 1.29 is 31.9 Å². The minimum absolute atomic E-state index is 0.185. The molecule has 166 valence electrons. The summed E-state index contributed by atoms with van der Waals surface area (Å²) in [5.74, 6) is -2.10. The molecule has 0 bridgehead atoms. The second-order valence-electron chi connectivity index (χ2n) is 7.30. The maximum absolute atomic E-state index is 13.5. The van der Waals surface area contributed by atoms with E-state index >= 15 is 0 Å². The molecule has 0 aliphatic carbocycles. The molecule has 3 aromatic rings. The molecule has 0 aliphatic rings. The smallest absolute Gasteiger partial charge is 0.417 e. The first-order valence-corrected chi connectivity index (χ1v) is 9.30. The molecule has 1 atom stereocenters. The third kappa shape index (κ3) is 4.72. The number of ether oxygens (including phenoxy) is 1. The number of esters is 1. The lowest BCUT2D eigenvalue weighted by atomic mass is 10.0. The number of amides is 1. The molecule has 1 amide bonds. The Morgan fingerprint density at radius 2 is 1.88 bits per heavy atom. The van der Waals surface area contributed by atoms with Gasteiger partial charge in [-0.1, -0.05) is 0 Å². The zero-order chi connectivity index (χ0) is 23.7. The Labute approximate surface area is 180 Å². The normalized spacial score (nSPS) is 13.3. The number of hydrogen-bond acceptors (Lipinski definition) is 4. The van der Waals surface area contributed by atoms with E-state index in [0.29, 0.717) is 17.0 Å². The molecule has 2 aromatic carbocycles. The van der Waals surface area contributed by atoms with Crippen molar-refractivity contribution in [3.05, 3.63) is 65.6 Å². The lowest BCUT2D eigenvalue weighted by molar-refractivity contribution is -0.163. The molecule has 1 heterocycles. The average molecular weight is 447 g/mol. The molecule has 0 fully saturated rings. The van der Waals surface area contributed by atoms with Crippen LogP contribution in [0.2, 0.25) is 0 Å². The van der Waals surface area contributed by atoms with E-state index in [-0.39, 0.29) is 12.2 Å². The number of hydrogen-bond donors (Lipinski definition) is 1. The Hall–Kier alpha value is -3.87. The average Bonchev–Trinajstić information content (AvgIpc) is 3.08. The van der Waals surface area contributed by atoms with Gasteiger partial charge in [0.05, 0.1) is 23.7 Å². The number of nitrogens with zero attached hydrogens (tertiary/aromatic N) is 2. The molecule has 0 radical (unpaired) electrons. The number of aromatic nitrogens is 1. The monoisotopic (exact) mass is 447 g/mol. The molecule has 0 aliphatic heterocycles. The largest absolute Gasteiger partial charge is 0.447 e. The summed E-state index contributed by atoms with van der Waals surface area (Å²) in [6.45, 7) is 2.22. The number of nitriles is 1. The number of carbonyl (C=O) groups excluding carboxylic acids is 2. The molecule has 10 heteroatoms. The predicted octanol–water partition coefficient (Wildman–Crippen LogP) is 4.63. The Balaban J connectivity index is 1.94. The summed E-state index contributed by atoms with van der Waals surface area (Å²) in [5.41, 5.74) is -3.26. The van der Waals surface area contributed by atoms with Crippen LogP contribution in [-0.4, -0.2) is 22.0 Å². The number of rotatable bonds is 5. The highest BCUT2D eigenvalue weighted by Crippen LogP contribution is 2.34. The van der Waals surface area contributed by atoms with Crippen LogP contribution in [0.25, 0.3) is 10.9 Å². The number of carbonyl (C=O) groups is 2. The molecular formula is C22H17F4N3O3. The summed E-state index contributed by atoms with van der Waals surface area (Å²) in [5, 5.41) is 11.8. The van der Waals surface area contributed by atoms with Crippen molar-refractivity contribution in [2.45, 2.75) is 32.2 Å². The Bertz CT molecular complexity index is 1240. The fourth-order valence-electron chi connectivity index (χ4n) is 3.32. The molecule has 1 N–H and O–H groups in total. The second-order valence-corrected chi connectivity index (χ2v) is 7.30. The quantitative estimate of drug-likeness (QED) is 0.457. The van der Waals surface area contributed by atoms with E-state index in [4.69, 9.17) is 10.00 Å². The zero-order valence-corrected chi connectivity index (χ0v) is 17.0. The number of anilines is 1. The third-order valence-electron chi connectivity index (χ3n) is 4.76. The highest BCUT2D eigenvalue weighted by molar-refractivity contribution is 5.98. The number of nitrogens with one attached hydrogen (secondary N) is 1. The van der Waals surface area contributed by atoms with Gasteiger partial charge < -0.3 is 14.6 Å². The van der Waals surface area contributed by atoms with Gasteiger partial charge in [-0.05, 0) is 49.4 Å². The summed E-state index contributed by atoms with van der Waals surface area (Å²) < 4.78 is 59.9. The Morgan fingerprint density at radius 3 is 2.50 bits per heavy atom. The Kier molecular flexibility index (Phi) is 5.94. The van der Waals surface area contributed by atoms with Gasteiger partial charge in [-0.15, -0.1) is 0 Å². The van der Waals surface area contributed by atoms with E-state index in [1.807, 2.05) is 0 Å². The number of benzene rings is 2. The maximum Gasteiger partial charge on any atom is 0.417 e. The van der Waals surface area contributed by atoms with Gasteiger partial charge in [-0.25, -0.2) is 4.39 Å². The lowest BCUT2D eigenvalue weighted by Gasteiger charge is -2.29. The Morgan fingerprint density at radius 1 is 1.16 bits per heavy atom. The van der Waals surface area contributed by atoms with E-state index in [9.17, 15) is 27.2 Å². The van der Waals surface area contributed by atoms with Crippen LogP contribution < -0.4 is 5.32 Å². The van der Waals surface area contributed by atoms with Crippen LogP contribution in [0.1, 0.15) is 25.0 Å². The molecule has 0 saturated heterocycles. The van der Waals surface area contributed by atoms with Gasteiger partial charge >= 0.3 is 12.1 Å². The molecule has 1 unspecified atom stereocenters. The molecule has 3 rings (SSSR count). The van der Waals surface area contributed by atoms with Crippen molar-refractivity contribution in [3.8, 4) is 6.07 Å². The van der Waals surface area contributed by atoms with Crippen molar-refractivity contribution in [1.82, 2.24) is 4.57 Å². The topological polar surface area (TPSA) is 84.1 Å². The third-order valence-corrected chi connectivity index (χ3v) is 4.76. The first kappa shape index (κ1) is 22.8. The van der Waals surface area contributed by atoms with E-state index in [0.717, 1.165) is 19.1 Å². The summed E-state index contributed by atoms with van der Waals surface area (Å²) in [6.07, 6.45) is -3.23. The highest BCUT2D eigenvalue weighted by atomic mass is 19.4. The van der Waals surface area contributed by atoms with Crippen LogP contribution in [0, 0.1) is 17.1 Å². The van der Waals surface area contributed by atoms with Crippen LogP contribution in [-0.2, 0) is 27.0 Å². The van der Waals surface area contributed by atoms with E-state index in [1.165, 1.54) is 31.2 Å². The first-order valence-electron chi connectivity index (χ1n) is 9.30. The highest BCUT2D eigenvalue weighted by Gasteiger charge is 2.39. The van der Waals surface area contributed by atoms with Gasteiger partial charge in [0.25, 0.3) is 5.91 Å². The van der Waals surface area contributed by atoms with Crippen LogP contribution >= 0.6 is 0 Å². The SMILES string of the molecule is CC(=O)OC(C)(Cn1ccc2cc(F)ccc21)C(=O)Nc1ccc(C#N)c(C(F)(F)F)c1. The van der Waals surface area contributed by atoms with Crippen LogP contribution in [0.15, 0.2) is 48.7 Å². The van der Waals surface area contributed by atoms with Gasteiger partial charge in [-0.2, -0.15) is 18.4 Å². The van der Waals surface area contributed by atoms with Crippen LogP contribution in [0.3, 0.4) is 0 Å². The van der Waals surface area contributed by atoms with Gasteiger partial charge in [0.15, 0.2) is 0 Å². The fraction of sp³-hybridized carbons (Fsp3) is 0.227. The molecule has 6 nitrogen and oxygen atoms in total.